The zero-order chi connectivity index (χ0) is 19.6. The van der Waals surface area contributed by atoms with Crippen molar-refractivity contribution in [2.75, 3.05) is 14.2 Å². The Morgan fingerprint density at radius 3 is 2.52 bits per heavy atom. The summed E-state index contributed by atoms with van der Waals surface area (Å²) in [5.41, 5.74) is 3.65. The Labute approximate surface area is 160 Å². The number of aromatic nitrogens is 2. The summed E-state index contributed by atoms with van der Waals surface area (Å²) < 4.78 is 34.6. The molecule has 1 aromatic heterocycles. The van der Waals surface area contributed by atoms with Gasteiger partial charge in [0.05, 0.1) is 12.8 Å². The minimum absolute atomic E-state index is 0.179. The van der Waals surface area contributed by atoms with Crippen molar-refractivity contribution in [1.29, 1.82) is 0 Å². The van der Waals surface area contributed by atoms with Crippen molar-refractivity contribution in [2.24, 2.45) is 0 Å². The predicted octanol–water partition coefficient (Wildman–Crippen LogP) is 3.32. The van der Waals surface area contributed by atoms with E-state index in [1.54, 1.807) is 30.1 Å². The van der Waals surface area contributed by atoms with E-state index in [-0.39, 0.29) is 11.4 Å². The van der Waals surface area contributed by atoms with E-state index in [1.165, 1.54) is 11.4 Å². The molecule has 0 aliphatic carbocycles. The molecule has 142 valence electrons. The fourth-order valence-corrected chi connectivity index (χ4v) is 4.23. The van der Waals surface area contributed by atoms with Crippen molar-refractivity contribution >= 4 is 10.0 Å². The molecule has 0 aliphatic heterocycles. The third-order valence-corrected chi connectivity index (χ3v) is 6.38. The fraction of sp³-hybridized carbons (Fsp3) is 0.250. The van der Waals surface area contributed by atoms with Gasteiger partial charge < -0.3 is 4.74 Å². The van der Waals surface area contributed by atoms with Crippen LogP contribution in [0.25, 0.3) is 5.69 Å². The minimum atomic E-state index is -3.70. The van der Waals surface area contributed by atoms with E-state index < -0.39 is 10.0 Å². The molecule has 3 aromatic rings. The molecular weight excluding hydrogens is 362 g/mol. The summed E-state index contributed by atoms with van der Waals surface area (Å²) in [6.07, 6.45) is 3.55. The zero-order valence-electron chi connectivity index (χ0n) is 15.9. The molecule has 0 radical (unpaired) electrons. The molecule has 0 saturated heterocycles. The lowest BCUT2D eigenvalue weighted by atomic mass is 10.1. The Balaban J connectivity index is 1.91. The molecule has 3 rings (SSSR count). The average Bonchev–Trinajstić information content (AvgIpc) is 3.18. The van der Waals surface area contributed by atoms with Crippen LogP contribution in [-0.4, -0.2) is 36.7 Å². The van der Waals surface area contributed by atoms with Gasteiger partial charge in [-0.05, 0) is 60.9 Å². The van der Waals surface area contributed by atoms with Gasteiger partial charge in [-0.3, -0.25) is 0 Å². The molecule has 1 heterocycles. The van der Waals surface area contributed by atoms with Crippen molar-refractivity contribution in [3.63, 3.8) is 0 Å². The summed E-state index contributed by atoms with van der Waals surface area (Å²) in [6, 6.07) is 12.9. The van der Waals surface area contributed by atoms with E-state index >= 15 is 0 Å². The monoisotopic (exact) mass is 385 g/mol. The van der Waals surface area contributed by atoms with Crippen molar-refractivity contribution < 1.29 is 13.2 Å². The van der Waals surface area contributed by atoms with Gasteiger partial charge in [0, 0.05) is 26.0 Å². The first-order valence-electron chi connectivity index (χ1n) is 8.53. The lowest BCUT2D eigenvalue weighted by Crippen LogP contribution is -2.27. The second kappa shape index (κ2) is 7.54. The minimum Gasteiger partial charge on any atom is -0.495 e. The second-order valence-corrected chi connectivity index (χ2v) is 8.48. The van der Waals surface area contributed by atoms with Gasteiger partial charge in [-0.1, -0.05) is 12.1 Å². The molecule has 0 saturated carbocycles. The van der Waals surface area contributed by atoms with Gasteiger partial charge in [0.25, 0.3) is 0 Å². The maximum Gasteiger partial charge on any atom is 0.246 e. The first-order chi connectivity index (χ1) is 12.8. The third-order valence-electron chi connectivity index (χ3n) is 4.55. The smallest absolute Gasteiger partial charge is 0.246 e. The van der Waals surface area contributed by atoms with E-state index in [9.17, 15) is 8.42 Å². The Hall–Kier alpha value is -2.64. The second-order valence-electron chi connectivity index (χ2n) is 6.47. The largest absolute Gasteiger partial charge is 0.495 e. The number of benzene rings is 2. The number of hydrogen-bond acceptors (Lipinski definition) is 4. The molecule has 0 amide bonds. The first kappa shape index (κ1) is 19.1. The molecule has 0 N–H and O–H groups in total. The normalized spacial score (nSPS) is 11.7. The van der Waals surface area contributed by atoms with Gasteiger partial charge in [0.15, 0.2) is 0 Å². The van der Waals surface area contributed by atoms with Gasteiger partial charge in [-0.2, -0.15) is 9.40 Å². The van der Waals surface area contributed by atoms with Crippen LogP contribution in [0.2, 0.25) is 0 Å². The highest BCUT2D eigenvalue weighted by Gasteiger charge is 2.25. The number of rotatable bonds is 6. The summed E-state index contributed by atoms with van der Waals surface area (Å²) in [4.78, 5) is 0.179. The van der Waals surface area contributed by atoms with E-state index in [1.807, 2.05) is 50.4 Å². The number of sulfonamides is 1. The van der Waals surface area contributed by atoms with E-state index in [2.05, 4.69) is 5.10 Å². The highest BCUT2D eigenvalue weighted by atomic mass is 32.2. The molecule has 0 unspecified atom stereocenters. The number of ether oxygens (including phenoxy) is 1. The Morgan fingerprint density at radius 2 is 1.85 bits per heavy atom. The SMILES string of the molecule is COc1cc(C)c(C)cc1S(=O)(=O)N(C)Cc1cccc(-n2cccn2)c1. The van der Waals surface area contributed by atoms with Crippen molar-refractivity contribution in [3.8, 4) is 11.4 Å². The Morgan fingerprint density at radius 1 is 1.11 bits per heavy atom. The maximum absolute atomic E-state index is 13.1. The summed E-state index contributed by atoms with van der Waals surface area (Å²) in [5, 5.41) is 4.21. The van der Waals surface area contributed by atoms with Crippen LogP contribution in [0, 0.1) is 13.8 Å². The molecule has 0 atom stereocenters. The lowest BCUT2D eigenvalue weighted by Gasteiger charge is -2.20. The topological polar surface area (TPSA) is 64.4 Å². The van der Waals surface area contributed by atoms with E-state index in [0.717, 1.165) is 22.4 Å². The molecule has 0 bridgehead atoms. The Kier molecular flexibility index (Phi) is 5.34. The lowest BCUT2D eigenvalue weighted by molar-refractivity contribution is 0.397. The molecule has 2 aromatic carbocycles. The van der Waals surface area contributed by atoms with Crippen LogP contribution in [0.3, 0.4) is 0 Å². The van der Waals surface area contributed by atoms with Crippen molar-refractivity contribution in [1.82, 2.24) is 14.1 Å². The molecule has 0 aliphatic rings. The third kappa shape index (κ3) is 3.89. The Bertz CT molecular complexity index is 1040. The highest BCUT2D eigenvalue weighted by Crippen LogP contribution is 2.30. The molecule has 0 spiro atoms. The number of methoxy groups -OCH3 is 1. The fourth-order valence-electron chi connectivity index (χ4n) is 2.85. The van der Waals surface area contributed by atoms with Crippen molar-refractivity contribution in [3.05, 3.63) is 71.5 Å². The molecule has 6 nitrogen and oxygen atoms in total. The molecule has 7 heteroatoms. The quantitative estimate of drug-likeness (QED) is 0.653. The van der Waals surface area contributed by atoms with Gasteiger partial charge in [-0.25, -0.2) is 13.1 Å². The van der Waals surface area contributed by atoms with Crippen LogP contribution in [0.5, 0.6) is 5.75 Å². The van der Waals surface area contributed by atoms with Crippen LogP contribution in [0.15, 0.2) is 59.8 Å². The van der Waals surface area contributed by atoms with Crippen molar-refractivity contribution in [2.45, 2.75) is 25.3 Å². The van der Waals surface area contributed by atoms with E-state index in [4.69, 9.17) is 4.74 Å². The van der Waals surface area contributed by atoms with Gasteiger partial charge in [-0.15, -0.1) is 0 Å². The summed E-state index contributed by atoms with van der Waals surface area (Å²) in [6.45, 7) is 4.06. The maximum atomic E-state index is 13.1. The van der Waals surface area contributed by atoms with E-state index in [0.29, 0.717) is 5.75 Å². The standard InChI is InChI=1S/C20H23N3O3S/c1-15-11-19(26-4)20(12-16(15)2)27(24,25)22(3)14-17-7-5-8-18(13-17)23-10-6-9-21-23/h5-13H,14H2,1-4H3. The van der Waals surface area contributed by atoms with Crippen LogP contribution >= 0.6 is 0 Å². The van der Waals surface area contributed by atoms with Gasteiger partial charge >= 0.3 is 0 Å². The van der Waals surface area contributed by atoms with Crippen LogP contribution < -0.4 is 4.74 Å². The zero-order valence-corrected chi connectivity index (χ0v) is 16.7. The van der Waals surface area contributed by atoms with Gasteiger partial charge in [0.1, 0.15) is 10.6 Å². The number of nitrogens with zero attached hydrogens (tertiary/aromatic N) is 3. The first-order valence-corrected chi connectivity index (χ1v) is 9.97. The van der Waals surface area contributed by atoms with Gasteiger partial charge in [0.2, 0.25) is 10.0 Å². The summed E-state index contributed by atoms with van der Waals surface area (Å²) in [7, 11) is -0.643. The van der Waals surface area contributed by atoms with Crippen LogP contribution in [-0.2, 0) is 16.6 Å². The highest BCUT2D eigenvalue weighted by molar-refractivity contribution is 7.89. The number of aryl methyl sites for hydroxylation is 2. The summed E-state index contributed by atoms with van der Waals surface area (Å²) in [5.74, 6) is 0.357. The molecule has 0 fully saturated rings. The van der Waals surface area contributed by atoms with Crippen LogP contribution in [0.1, 0.15) is 16.7 Å². The van der Waals surface area contributed by atoms with Crippen LogP contribution in [0.4, 0.5) is 0 Å². The molecular formula is C20H23N3O3S. The average molecular weight is 385 g/mol. The number of hydrogen-bond donors (Lipinski definition) is 0. The predicted molar refractivity (Wildman–Crippen MR) is 105 cm³/mol. The summed E-state index contributed by atoms with van der Waals surface area (Å²) >= 11 is 0. The molecule has 27 heavy (non-hydrogen) atoms.